The van der Waals surface area contributed by atoms with E-state index >= 15 is 0 Å². The van der Waals surface area contributed by atoms with E-state index in [1.165, 1.54) is 35.0 Å². The number of unbranched alkanes of at least 4 members (excludes halogenated alkanes) is 5. The number of anilines is 2. The van der Waals surface area contributed by atoms with Crippen LogP contribution in [0.2, 0.25) is 5.02 Å². The van der Waals surface area contributed by atoms with Crippen molar-refractivity contribution in [3.8, 4) is 10.4 Å². The largest absolute Gasteiger partial charge is 0.501 e. The predicted octanol–water partition coefficient (Wildman–Crippen LogP) is 13.9. The molecule has 0 unspecified atom stereocenters. The van der Waals surface area contributed by atoms with Gasteiger partial charge >= 0.3 is 5.51 Å². The third kappa shape index (κ3) is 22.7. The quantitative estimate of drug-likeness (QED) is 0.0190. The SMILES string of the molecule is Cc1ncsc1-c1ccc([C@H](C)NC(=O)[C@@H]2CCCN2C(=O)[C@@H](NC(=O)CCCCCCCCC(=O)NC[C@@]2(C)CCC(c3ccc(Cl)cc3)=C(CN3CCN(c4ccc(C(=O)NS(=O)(=O)c5ccc(N[C@H](CCN6CCOCC6)CSc6ccccc6)c(S(=O)(=O)C(F)(F)F)c5)cc4)CC3)C2)C(C)(C)C)cc1. The van der Waals surface area contributed by atoms with Crippen LogP contribution in [-0.4, -0.2) is 174 Å². The Morgan fingerprint density at radius 3 is 2.07 bits per heavy atom. The molecular weight excluding hydrogens is 1480 g/mol. The monoisotopic (exact) mass is 1580 g/mol. The molecule has 4 aliphatic rings. The van der Waals surface area contributed by atoms with E-state index < -0.39 is 70.3 Å². The van der Waals surface area contributed by atoms with Crippen LogP contribution >= 0.6 is 34.7 Å². The molecule has 3 saturated heterocycles. The molecule has 5 N–H and O–H groups in total. The maximum Gasteiger partial charge on any atom is 0.501 e. The van der Waals surface area contributed by atoms with Crippen LogP contribution in [0.5, 0.6) is 0 Å². The number of allylic oxidation sites excluding steroid dienone is 1. The van der Waals surface area contributed by atoms with Crippen LogP contribution in [0.3, 0.4) is 0 Å². The van der Waals surface area contributed by atoms with Crippen molar-refractivity contribution in [2.45, 2.75) is 176 Å². The van der Waals surface area contributed by atoms with Gasteiger partial charge in [0.05, 0.1) is 45.9 Å². The fourth-order valence-corrected chi connectivity index (χ4v) is 18.4. The van der Waals surface area contributed by atoms with Crippen LogP contribution < -0.4 is 30.9 Å². The summed E-state index contributed by atoms with van der Waals surface area (Å²) in [6.07, 6.45) is 9.78. The molecule has 4 heterocycles. The number of morpholine rings is 1. The summed E-state index contributed by atoms with van der Waals surface area (Å²) in [4.78, 5) is 81.0. The highest BCUT2D eigenvalue weighted by molar-refractivity contribution is 7.99. The average Bonchev–Trinajstić information content (AvgIpc) is 0.861. The van der Waals surface area contributed by atoms with Crippen LogP contribution in [0.1, 0.15) is 158 Å². The van der Waals surface area contributed by atoms with Crippen molar-refractivity contribution in [3.05, 3.63) is 160 Å². The molecule has 6 aromatic rings. The van der Waals surface area contributed by atoms with E-state index in [4.69, 9.17) is 16.3 Å². The Hall–Kier alpha value is -7.37. The number of rotatable bonds is 33. The Kier molecular flexibility index (Phi) is 28.9. The number of benzene rings is 5. The van der Waals surface area contributed by atoms with Crippen molar-refractivity contribution in [2.75, 3.05) is 94.6 Å². The molecule has 0 saturated carbocycles. The molecular formula is C80H102ClF3N10O10S4. The normalized spacial score (nSPS) is 18.6. The van der Waals surface area contributed by atoms with Crippen molar-refractivity contribution in [1.29, 1.82) is 0 Å². The number of hydrogen-bond donors (Lipinski definition) is 5. The zero-order chi connectivity index (χ0) is 77.4. The number of amides is 5. The Labute approximate surface area is 647 Å². The van der Waals surface area contributed by atoms with Gasteiger partial charge < -0.3 is 35.8 Å². The number of nitrogens with zero attached hydrogens (tertiary/aromatic N) is 5. The van der Waals surface area contributed by atoms with E-state index in [1.807, 2.05) is 112 Å². The molecule has 5 atom stereocenters. The van der Waals surface area contributed by atoms with Gasteiger partial charge in [0.25, 0.3) is 25.8 Å². The minimum atomic E-state index is -6.11. The van der Waals surface area contributed by atoms with Crippen molar-refractivity contribution in [1.82, 2.24) is 40.4 Å². The van der Waals surface area contributed by atoms with Gasteiger partial charge in [-0.1, -0.05) is 125 Å². The van der Waals surface area contributed by atoms with E-state index in [-0.39, 0.29) is 47.1 Å². The van der Waals surface area contributed by atoms with Gasteiger partial charge in [-0.3, -0.25) is 33.8 Å². The van der Waals surface area contributed by atoms with Gasteiger partial charge in [0.1, 0.15) is 17.0 Å². The van der Waals surface area contributed by atoms with Crippen LogP contribution in [0, 0.1) is 17.8 Å². The number of thioether (sulfide) groups is 1. The zero-order valence-corrected chi connectivity index (χ0v) is 66.5. The smallest absolute Gasteiger partial charge is 0.380 e. The van der Waals surface area contributed by atoms with Crippen molar-refractivity contribution < 1.29 is 58.7 Å². The number of alkyl halides is 3. The number of piperazine rings is 1. The lowest BCUT2D eigenvalue weighted by atomic mass is 9.71. The van der Waals surface area contributed by atoms with Crippen LogP contribution in [0.15, 0.2) is 147 Å². The second kappa shape index (κ2) is 37.6. The highest BCUT2D eigenvalue weighted by atomic mass is 35.5. The summed E-state index contributed by atoms with van der Waals surface area (Å²) in [5.74, 6) is -1.35. The van der Waals surface area contributed by atoms with Gasteiger partial charge in [-0.15, -0.1) is 23.1 Å². The van der Waals surface area contributed by atoms with E-state index in [0.717, 1.165) is 101 Å². The molecule has 5 amide bonds. The standard InChI is InChI=1S/C80H102ClF3N10O10S4/c1-55(57-22-24-59(25-23-57)73-56(2)86-54-106-73)87-76(98)69-19-16-39-94(69)77(99)74(78(3,4)5)89-72(96)21-15-10-8-7-9-14-20-71(95)85-53-79(6)38-36-67(58-26-30-62(81)31-27-58)61(50-79)51-92-41-43-93(44-42-92)64-32-28-60(29-33-64)75(97)90-108(102,103)66-34-35-68(70(49-66)107(100,101)80(82,83)84)88-63(37-40-91-45-47-104-48-46-91)52-105-65-17-12-11-13-18-65/h11-13,17-18,22-35,49,54-55,63,69,74,88H,7-10,14-16,19-21,36-48,50-53H2,1-6H3,(H,85,95)(H,87,98)(H,89,96)(H,90,97)/t55-,63+,69-,74+,79-/m0/s1. The summed E-state index contributed by atoms with van der Waals surface area (Å²) in [5, 5.41) is 13.1. The second-order valence-electron chi connectivity index (χ2n) is 30.2. The summed E-state index contributed by atoms with van der Waals surface area (Å²) in [6.45, 7) is 19.2. The number of aryl methyl sites for hydroxylation is 1. The van der Waals surface area contributed by atoms with Gasteiger partial charge in [-0.25, -0.2) is 26.5 Å². The first kappa shape index (κ1) is 83.1. The number of sulfonamides is 1. The number of thiazole rings is 1. The van der Waals surface area contributed by atoms with Crippen molar-refractivity contribution in [2.24, 2.45) is 10.8 Å². The molecule has 108 heavy (non-hydrogen) atoms. The number of aromatic nitrogens is 1. The molecule has 28 heteroatoms. The van der Waals surface area contributed by atoms with Crippen molar-refractivity contribution >= 4 is 101 Å². The average molecular weight is 1580 g/mol. The number of halogens is 4. The third-order valence-corrected chi connectivity index (χ3v) is 26.1. The van der Waals surface area contributed by atoms with E-state index in [1.54, 1.807) is 28.4 Å². The van der Waals surface area contributed by atoms with Gasteiger partial charge in [-0.05, 0) is 165 Å². The summed E-state index contributed by atoms with van der Waals surface area (Å²) >= 11 is 9.38. The molecule has 1 aromatic heterocycles. The van der Waals surface area contributed by atoms with Gasteiger partial charge in [0.2, 0.25) is 23.6 Å². The Morgan fingerprint density at radius 1 is 0.769 bits per heavy atom. The Balaban J connectivity index is 0.655. The fraction of sp³-hybridized carbons (Fsp3) is 0.500. The summed E-state index contributed by atoms with van der Waals surface area (Å²) in [5.41, 5.74) is 2.26. The fourth-order valence-electron chi connectivity index (χ4n) is 14.5. The molecule has 5 aromatic carbocycles. The van der Waals surface area contributed by atoms with Crippen LogP contribution in [0.25, 0.3) is 16.0 Å². The lowest BCUT2D eigenvalue weighted by Gasteiger charge is -2.41. The molecule has 0 spiro atoms. The number of hydrogen-bond acceptors (Lipinski definition) is 17. The van der Waals surface area contributed by atoms with Gasteiger partial charge in [0, 0.05) is 111 Å². The predicted molar refractivity (Wildman–Crippen MR) is 421 cm³/mol. The first-order valence-electron chi connectivity index (χ1n) is 37.4. The maximum absolute atomic E-state index is 14.4. The first-order chi connectivity index (χ1) is 51.4. The molecule has 1 aliphatic carbocycles. The Morgan fingerprint density at radius 2 is 1.43 bits per heavy atom. The summed E-state index contributed by atoms with van der Waals surface area (Å²) in [7, 11) is -11.0. The lowest BCUT2D eigenvalue weighted by Crippen LogP contribution is -2.57. The number of carbonyl (C=O) groups excluding carboxylic acids is 5. The first-order valence-corrected chi connectivity index (χ1v) is 42.6. The number of carbonyl (C=O) groups is 5. The number of nitrogens with one attached hydrogen (secondary N) is 5. The van der Waals surface area contributed by atoms with Gasteiger partial charge in [0.15, 0.2) is 0 Å². The number of sulfone groups is 1. The van der Waals surface area contributed by atoms with E-state index in [2.05, 4.69) is 60.0 Å². The van der Waals surface area contributed by atoms with E-state index in [9.17, 15) is 54.0 Å². The highest BCUT2D eigenvalue weighted by Gasteiger charge is 2.49. The second-order valence-corrected chi connectivity index (χ2v) is 36.2. The van der Waals surface area contributed by atoms with Crippen LogP contribution in [-0.2, 0) is 43.8 Å². The highest BCUT2D eigenvalue weighted by Crippen LogP contribution is 2.44. The minimum Gasteiger partial charge on any atom is -0.380 e. The Bertz CT molecular complexity index is 4330. The summed E-state index contributed by atoms with van der Waals surface area (Å²) < 4.78 is 105. The molecule has 0 bridgehead atoms. The molecule has 10 rings (SSSR count). The zero-order valence-electron chi connectivity index (χ0n) is 62.5. The lowest BCUT2D eigenvalue weighted by molar-refractivity contribution is -0.144. The molecule has 0 radical (unpaired) electrons. The maximum atomic E-state index is 14.4. The van der Waals surface area contributed by atoms with Crippen molar-refractivity contribution in [3.63, 3.8) is 0 Å². The minimum absolute atomic E-state index is 0.0173. The molecule has 20 nitrogen and oxygen atoms in total. The topological polar surface area (TPSA) is 249 Å². The molecule has 3 fully saturated rings. The molecule has 584 valence electrons. The third-order valence-electron chi connectivity index (χ3n) is 20.9. The van der Waals surface area contributed by atoms with Crippen LogP contribution in [0.4, 0.5) is 24.5 Å². The number of likely N-dealkylation sites (tertiary alicyclic amines) is 1. The van der Waals surface area contributed by atoms with E-state index in [0.29, 0.717) is 128 Å². The summed E-state index contributed by atoms with van der Waals surface area (Å²) in [6, 6.07) is 31.8. The van der Waals surface area contributed by atoms with Gasteiger partial charge in [-0.2, -0.15) is 13.2 Å². The number of ether oxygens (including phenoxy) is 1. The molecule has 3 aliphatic heterocycles.